The number of aliphatic hydroxyl groups is 1. The van der Waals surface area contributed by atoms with Gasteiger partial charge in [-0.05, 0) is 52.0 Å². The summed E-state index contributed by atoms with van der Waals surface area (Å²) in [5, 5.41) is 15.7. The van der Waals surface area contributed by atoms with Crippen LogP contribution >= 0.6 is 11.6 Å². The summed E-state index contributed by atoms with van der Waals surface area (Å²) >= 11 is 5.74. The number of rotatable bonds is 5. The minimum atomic E-state index is -1.08. The first-order valence-corrected chi connectivity index (χ1v) is 6.98. The van der Waals surface area contributed by atoms with Gasteiger partial charge >= 0.3 is 0 Å². The maximum absolute atomic E-state index is 11.8. The topological polar surface area (TPSA) is 78.4 Å². The Morgan fingerprint density at radius 2 is 1.67 bits per heavy atom. The highest BCUT2D eigenvalue weighted by Gasteiger charge is 2.36. The lowest BCUT2D eigenvalue weighted by atomic mass is 9.86. The Labute approximate surface area is 129 Å². The van der Waals surface area contributed by atoms with Crippen molar-refractivity contribution in [1.29, 1.82) is 0 Å². The molecule has 6 heteroatoms. The van der Waals surface area contributed by atoms with Gasteiger partial charge in [0.15, 0.2) is 0 Å². The molecule has 1 rings (SSSR count). The van der Waals surface area contributed by atoms with Crippen molar-refractivity contribution in [2.75, 3.05) is 6.54 Å². The molecule has 0 spiro atoms. The number of hydrogen-bond acceptors (Lipinski definition) is 3. The van der Waals surface area contributed by atoms with Crippen molar-refractivity contribution in [2.45, 2.75) is 38.8 Å². The molecule has 0 unspecified atom stereocenters. The first-order valence-electron chi connectivity index (χ1n) is 6.60. The number of benzene rings is 1. The van der Waals surface area contributed by atoms with Crippen LogP contribution in [0.15, 0.2) is 24.3 Å². The molecule has 0 fully saturated rings. The normalized spacial score (nSPS) is 11.9. The zero-order valence-corrected chi connectivity index (χ0v) is 13.4. The summed E-state index contributed by atoms with van der Waals surface area (Å²) in [5.41, 5.74) is -1.47. The number of carbonyl (C=O) groups excluding carboxylic acids is 2. The van der Waals surface area contributed by atoms with E-state index in [0.29, 0.717) is 10.6 Å². The van der Waals surface area contributed by atoms with E-state index >= 15 is 0 Å². The zero-order valence-electron chi connectivity index (χ0n) is 12.7. The minimum absolute atomic E-state index is 0.166. The third kappa shape index (κ3) is 5.02. The molecular formula is C15H21ClN2O3. The predicted octanol–water partition coefficient (Wildman–Crippen LogP) is 1.74. The molecule has 0 saturated heterocycles. The number of nitrogens with one attached hydrogen (secondary N) is 2. The summed E-state index contributed by atoms with van der Waals surface area (Å²) in [5.74, 6) is -0.729. The van der Waals surface area contributed by atoms with E-state index in [4.69, 9.17) is 11.6 Å². The highest BCUT2D eigenvalue weighted by molar-refractivity contribution is 6.30. The molecule has 5 nitrogen and oxygen atoms in total. The fourth-order valence-electron chi connectivity index (χ4n) is 1.41. The number of hydrogen-bond donors (Lipinski definition) is 3. The Bertz CT molecular complexity index is 519. The van der Waals surface area contributed by atoms with Gasteiger partial charge in [-0.1, -0.05) is 11.6 Å². The zero-order chi connectivity index (χ0) is 16.3. The first kappa shape index (κ1) is 17.5. The molecule has 0 aliphatic rings. The molecule has 1 aromatic rings. The lowest BCUT2D eigenvalue weighted by molar-refractivity contribution is -0.125. The largest absolute Gasteiger partial charge is 0.388 e. The smallest absolute Gasteiger partial charge is 0.251 e. The van der Waals surface area contributed by atoms with E-state index in [-0.39, 0.29) is 18.4 Å². The molecular weight excluding hydrogens is 292 g/mol. The van der Waals surface area contributed by atoms with Gasteiger partial charge < -0.3 is 15.7 Å². The molecule has 3 N–H and O–H groups in total. The van der Waals surface area contributed by atoms with Crippen LogP contribution in [0.25, 0.3) is 0 Å². The lowest BCUT2D eigenvalue weighted by Gasteiger charge is -2.38. The monoisotopic (exact) mass is 312 g/mol. The molecule has 0 aliphatic heterocycles. The SMILES string of the molecule is CC(C)(O)C(C)(C)NC(=O)CNC(=O)c1ccc(Cl)cc1. The summed E-state index contributed by atoms with van der Waals surface area (Å²) in [4.78, 5) is 23.7. The lowest BCUT2D eigenvalue weighted by Crippen LogP contribution is -2.59. The van der Waals surface area contributed by atoms with Crippen molar-refractivity contribution in [3.8, 4) is 0 Å². The average Bonchev–Trinajstić information content (AvgIpc) is 2.35. The summed E-state index contributed by atoms with van der Waals surface area (Å²) in [7, 11) is 0. The van der Waals surface area contributed by atoms with E-state index in [1.807, 2.05) is 0 Å². The van der Waals surface area contributed by atoms with Gasteiger partial charge in [0.1, 0.15) is 0 Å². The molecule has 2 amide bonds. The van der Waals surface area contributed by atoms with Crippen LogP contribution in [-0.2, 0) is 4.79 Å². The molecule has 116 valence electrons. The Balaban J connectivity index is 2.54. The van der Waals surface area contributed by atoms with E-state index in [1.54, 1.807) is 52.0 Å². The van der Waals surface area contributed by atoms with E-state index in [9.17, 15) is 14.7 Å². The third-order valence-corrected chi connectivity index (χ3v) is 3.75. The van der Waals surface area contributed by atoms with Crippen molar-refractivity contribution < 1.29 is 14.7 Å². The molecule has 0 heterocycles. The van der Waals surface area contributed by atoms with Crippen LogP contribution in [0.5, 0.6) is 0 Å². The fraction of sp³-hybridized carbons (Fsp3) is 0.467. The van der Waals surface area contributed by atoms with Crippen molar-refractivity contribution in [3.05, 3.63) is 34.9 Å². The van der Waals surface area contributed by atoms with Gasteiger partial charge in [0.05, 0.1) is 17.7 Å². The summed E-state index contributed by atoms with van der Waals surface area (Å²) < 4.78 is 0. The number of halogens is 1. The van der Waals surface area contributed by atoms with Gasteiger partial charge in [0.25, 0.3) is 5.91 Å². The predicted molar refractivity (Wildman–Crippen MR) is 82.3 cm³/mol. The Morgan fingerprint density at radius 3 is 2.14 bits per heavy atom. The molecule has 21 heavy (non-hydrogen) atoms. The quantitative estimate of drug-likeness (QED) is 0.775. The summed E-state index contributed by atoms with van der Waals surface area (Å²) in [6.07, 6.45) is 0. The number of carbonyl (C=O) groups is 2. The van der Waals surface area contributed by atoms with Crippen LogP contribution in [0, 0.1) is 0 Å². The Hall–Kier alpha value is -1.59. The maximum Gasteiger partial charge on any atom is 0.251 e. The standard InChI is InChI=1S/C15H21ClN2O3/c1-14(2,15(3,4)21)18-12(19)9-17-13(20)10-5-7-11(16)8-6-10/h5-8,21H,9H2,1-4H3,(H,17,20)(H,18,19). The van der Waals surface area contributed by atoms with Crippen LogP contribution in [0.3, 0.4) is 0 Å². The van der Waals surface area contributed by atoms with Gasteiger partial charge in [-0.2, -0.15) is 0 Å². The van der Waals surface area contributed by atoms with Crippen LogP contribution in [0.2, 0.25) is 5.02 Å². The third-order valence-electron chi connectivity index (χ3n) is 3.50. The highest BCUT2D eigenvalue weighted by atomic mass is 35.5. The van der Waals surface area contributed by atoms with Crippen LogP contribution < -0.4 is 10.6 Å². The van der Waals surface area contributed by atoms with Gasteiger partial charge in [0.2, 0.25) is 5.91 Å². The van der Waals surface area contributed by atoms with Crippen molar-refractivity contribution in [1.82, 2.24) is 10.6 Å². The number of amides is 2. The fourth-order valence-corrected chi connectivity index (χ4v) is 1.54. The van der Waals surface area contributed by atoms with Crippen molar-refractivity contribution in [3.63, 3.8) is 0 Å². The van der Waals surface area contributed by atoms with E-state index in [1.165, 1.54) is 0 Å². The molecule has 0 bridgehead atoms. The second-order valence-corrected chi connectivity index (χ2v) is 6.36. The maximum atomic E-state index is 11.8. The molecule has 0 aromatic heterocycles. The van der Waals surface area contributed by atoms with Gasteiger partial charge in [0, 0.05) is 10.6 Å². The summed E-state index contributed by atoms with van der Waals surface area (Å²) in [6, 6.07) is 6.37. The van der Waals surface area contributed by atoms with E-state index in [0.717, 1.165) is 0 Å². The van der Waals surface area contributed by atoms with Gasteiger partial charge in [-0.25, -0.2) is 0 Å². The van der Waals surface area contributed by atoms with Crippen LogP contribution in [0.4, 0.5) is 0 Å². The van der Waals surface area contributed by atoms with Crippen molar-refractivity contribution >= 4 is 23.4 Å². The molecule has 1 aromatic carbocycles. The van der Waals surface area contributed by atoms with Crippen molar-refractivity contribution in [2.24, 2.45) is 0 Å². The highest BCUT2D eigenvalue weighted by Crippen LogP contribution is 2.20. The second-order valence-electron chi connectivity index (χ2n) is 5.92. The van der Waals surface area contributed by atoms with E-state index in [2.05, 4.69) is 10.6 Å². The Morgan fingerprint density at radius 1 is 1.14 bits per heavy atom. The second kappa shape index (κ2) is 6.45. The van der Waals surface area contributed by atoms with Gasteiger partial charge in [-0.15, -0.1) is 0 Å². The van der Waals surface area contributed by atoms with Crippen LogP contribution in [-0.4, -0.2) is 34.6 Å². The molecule has 0 aliphatic carbocycles. The minimum Gasteiger partial charge on any atom is -0.388 e. The molecule has 0 radical (unpaired) electrons. The Kier molecular flexibility index (Phi) is 5.36. The van der Waals surface area contributed by atoms with Gasteiger partial charge in [-0.3, -0.25) is 9.59 Å². The summed E-state index contributed by atoms with van der Waals surface area (Å²) in [6.45, 7) is 6.48. The first-order chi connectivity index (χ1) is 9.53. The molecule has 0 saturated carbocycles. The van der Waals surface area contributed by atoms with E-state index < -0.39 is 11.1 Å². The van der Waals surface area contributed by atoms with Crippen LogP contribution in [0.1, 0.15) is 38.1 Å². The molecule has 0 atom stereocenters. The average molecular weight is 313 g/mol.